The zero-order valence-corrected chi connectivity index (χ0v) is 10.5. The fourth-order valence-corrected chi connectivity index (χ4v) is 1.51. The number of carbonyl (C=O) groups excluding carboxylic acids is 3. The molecule has 0 atom stereocenters. The quantitative estimate of drug-likeness (QED) is 0.472. The molecule has 0 N–H and O–H groups in total. The van der Waals surface area contributed by atoms with E-state index in [1.165, 1.54) is 19.1 Å². The molecule has 0 saturated carbocycles. The van der Waals surface area contributed by atoms with Gasteiger partial charge in [0, 0.05) is 6.42 Å². The summed E-state index contributed by atoms with van der Waals surface area (Å²) in [4.78, 5) is 33.8. The van der Waals surface area contributed by atoms with Gasteiger partial charge < -0.3 is 4.74 Å². The Kier molecular flexibility index (Phi) is 5.01. The maximum atomic E-state index is 12.7. The van der Waals surface area contributed by atoms with E-state index in [1.807, 2.05) is 0 Å². The molecule has 0 radical (unpaired) electrons. The zero-order chi connectivity index (χ0) is 15.3. The second-order valence-electron chi connectivity index (χ2n) is 3.80. The molecule has 7 heteroatoms. The summed E-state index contributed by atoms with van der Waals surface area (Å²) in [6.07, 6.45) is -5.43. The van der Waals surface area contributed by atoms with Crippen LogP contribution in [-0.2, 0) is 31.7 Å². The van der Waals surface area contributed by atoms with Crippen LogP contribution < -0.4 is 0 Å². The summed E-state index contributed by atoms with van der Waals surface area (Å²) in [5.74, 6) is -4.05. The van der Waals surface area contributed by atoms with Crippen LogP contribution in [0.1, 0.15) is 18.1 Å². The molecule has 0 saturated heterocycles. The largest absolute Gasteiger partial charge is 0.460 e. The summed E-state index contributed by atoms with van der Waals surface area (Å²) < 4.78 is 42.4. The van der Waals surface area contributed by atoms with Gasteiger partial charge in [-0.2, -0.15) is 13.2 Å². The van der Waals surface area contributed by atoms with Crippen LogP contribution in [-0.4, -0.2) is 24.1 Å². The van der Waals surface area contributed by atoms with Crippen molar-refractivity contribution < 1.29 is 32.3 Å². The number of ether oxygens (including phenoxy) is 1. The molecule has 0 spiro atoms. The van der Waals surface area contributed by atoms with Crippen molar-refractivity contribution in [3.05, 3.63) is 35.4 Å². The van der Waals surface area contributed by atoms with Crippen LogP contribution in [0.2, 0.25) is 0 Å². The first kappa shape index (κ1) is 15.9. The van der Waals surface area contributed by atoms with E-state index in [2.05, 4.69) is 4.74 Å². The van der Waals surface area contributed by atoms with Gasteiger partial charge in [0.25, 0.3) is 0 Å². The van der Waals surface area contributed by atoms with Crippen LogP contribution in [0.5, 0.6) is 0 Å². The third kappa shape index (κ3) is 3.91. The Morgan fingerprint density at radius 2 is 1.75 bits per heavy atom. The average Bonchev–Trinajstić information content (AvgIpc) is 2.37. The molecule has 1 aromatic carbocycles. The number of alkyl halides is 3. The van der Waals surface area contributed by atoms with Crippen LogP contribution in [0.4, 0.5) is 13.2 Å². The predicted octanol–water partition coefficient (Wildman–Crippen LogP) is 1.95. The van der Waals surface area contributed by atoms with E-state index < -0.39 is 35.7 Å². The van der Waals surface area contributed by atoms with E-state index in [1.54, 1.807) is 0 Å². The molecule has 0 aliphatic heterocycles. The van der Waals surface area contributed by atoms with Gasteiger partial charge in [-0.15, -0.1) is 0 Å². The van der Waals surface area contributed by atoms with Gasteiger partial charge in [0.05, 0.1) is 12.2 Å². The Morgan fingerprint density at radius 1 is 1.15 bits per heavy atom. The lowest BCUT2D eigenvalue weighted by atomic mass is 10.0. The minimum Gasteiger partial charge on any atom is -0.460 e. The summed E-state index contributed by atoms with van der Waals surface area (Å²) in [6, 6.07) is 4.37. The third-order valence-corrected chi connectivity index (χ3v) is 2.39. The van der Waals surface area contributed by atoms with Gasteiger partial charge in [-0.1, -0.05) is 18.2 Å². The molecule has 0 amide bonds. The average molecular weight is 288 g/mol. The summed E-state index contributed by atoms with van der Waals surface area (Å²) in [5.41, 5.74) is -1.37. The first-order chi connectivity index (χ1) is 9.27. The monoisotopic (exact) mass is 288 g/mol. The number of halogens is 3. The Hall–Kier alpha value is -2.18. The van der Waals surface area contributed by atoms with E-state index >= 15 is 0 Å². The van der Waals surface area contributed by atoms with Crippen molar-refractivity contribution >= 4 is 17.5 Å². The summed E-state index contributed by atoms with van der Waals surface area (Å²) in [7, 11) is 0. The molecule has 0 unspecified atom stereocenters. The fourth-order valence-electron chi connectivity index (χ4n) is 1.51. The number of Topliss-reactive ketones (excluding diaryl/α,β-unsaturated/α-hetero) is 2. The molecule has 0 bridgehead atoms. The molecule has 20 heavy (non-hydrogen) atoms. The van der Waals surface area contributed by atoms with Crippen LogP contribution >= 0.6 is 0 Å². The van der Waals surface area contributed by atoms with Crippen molar-refractivity contribution in [2.45, 2.75) is 19.5 Å². The van der Waals surface area contributed by atoms with E-state index in [4.69, 9.17) is 0 Å². The SMILES string of the molecule is CCOC(=O)C(=O)C(=O)Cc1ccccc1C(F)(F)F. The summed E-state index contributed by atoms with van der Waals surface area (Å²) in [5, 5.41) is 0. The first-order valence-electron chi connectivity index (χ1n) is 5.66. The molecule has 0 heterocycles. The number of hydrogen-bond acceptors (Lipinski definition) is 4. The number of hydrogen-bond donors (Lipinski definition) is 0. The molecular weight excluding hydrogens is 277 g/mol. The smallest absolute Gasteiger partial charge is 0.416 e. The van der Waals surface area contributed by atoms with Crippen LogP contribution in [0, 0.1) is 0 Å². The number of rotatable bonds is 5. The second kappa shape index (κ2) is 6.31. The maximum absolute atomic E-state index is 12.7. The lowest BCUT2D eigenvalue weighted by molar-refractivity contribution is -0.156. The van der Waals surface area contributed by atoms with Gasteiger partial charge in [-0.05, 0) is 18.6 Å². The predicted molar refractivity (Wildman–Crippen MR) is 61.8 cm³/mol. The van der Waals surface area contributed by atoms with Gasteiger partial charge in [0.1, 0.15) is 0 Å². The molecule has 1 rings (SSSR count). The normalized spacial score (nSPS) is 11.0. The van der Waals surface area contributed by atoms with Gasteiger partial charge in [-0.25, -0.2) is 4.79 Å². The third-order valence-electron chi connectivity index (χ3n) is 2.39. The van der Waals surface area contributed by atoms with Crippen molar-refractivity contribution in [2.75, 3.05) is 6.61 Å². The van der Waals surface area contributed by atoms with Crippen molar-refractivity contribution in [1.29, 1.82) is 0 Å². The molecule has 0 aliphatic rings. The minimum absolute atomic E-state index is 0.100. The van der Waals surface area contributed by atoms with Crippen molar-refractivity contribution in [3.63, 3.8) is 0 Å². The summed E-state index contributed by atoms with van der Waals surface area (Å²) >= 11 is 0. The van der Waals surface area contributed by atoms with E-state index in [9.17, 15) is 27.6 Å². The number of carbonyl (C=O) groups is 3. The molecule has 0 fully saturated rings. The van der Waals surface area contributed by atoms with Crippen molar-refractivity contribution in [3.8, 4) is 0 Å². The molecule has 0 aliphatic carbocycles. The number of ketones is 2. The Morgan fingerprint density at radius 3 is 2.30 bits per heavy atom. The van der Waals surface area contributed by atoms with Crippen LogP contribution in [0.3, 0.4) is 0 Å². The number of benzene rings is 1. The highest BCUT2D eigenvalue weighted by atomic mass is 19.4. The van der Waals surface area contributed by atoms with Crippen molar-refractivity contribution in [2.24, 2.45) is 0 Å². The van der Waals surface area contributed by atoms with Gasteiger partial charge in [0.15, 0.2) is 0 Å². The van der Waals surface area contributed by atoms with E-state index in [0.717, 1.165) is 12.1 Å². The minimum atomic E-state index is -4.64. The highest BCUT2D eigenvalue weighted by Crippen LogP contribution is 2.32. The highest BCUT2D eigenvalue weighted by Gasteiger charge is 2.34. The standard InChI is InChI=1S/C13H11F3O4/c1-2-20-12(19)11(18)10(17)7-8-5-3-4-6-9(8)13(14,15)16/h3-6H,2,7H2,1H3. The molecule has 1 aromatic rings. The summed E-state index contributed by atoms with van der Waals surface area (Å²) in [6.45, 7) is 1.34. The highest BCUT2D eigenvalue weighted by molar-refractivity contribution is 6.62. The molecule has 108 valence electrons. The Labute approximate surface area is 112 Å². The van der Waals surface area contributed by atoms with Crippen LogP contribution in [0.15, 0.2) is 24.3 Å². The fraction of sp³-hybridized carbons (Fsp3) is 0.308. The van der Waals surface area contributed by atoms with Crippen LogP contribution in [0.25, 0.3) is 0 Å². The maximum Gasteiger partial charge on any atom is 0.416 e. The van der Waals surface area contributed by atoms with Gasteiger partial charge >= 0.3 is 17.9 Å². The lowest BCUT2D eigenvalue weighted by Crippen LogP contribution is -2.28. The van der Waals surface area contributed by atoms with E-state index in [0.29, 0.717) is 0 Å². The van der Waals surface area contributed by atoms with Gasteiger partial charge in [0.2, 0.25) is 5.78 Å². The number of esters is 1. The Bertz CT molecular complexity index is 535. The second-order valence-corrected chi connectivity index (χ2v) is 3.80. The first-order valence-corrected chi connectivity index (χ1v) is 5.66. The van der Waals surface area contributed by atoms with Gasteiger partial charge in [-0.3, -0.25) is 9.59 Å². The molecule has 4 nitrogen and oxygen atoms in total. The molecule has 0 aromatic heterocycles. The molecular formula is C13H11F3O4. The topological polar surface area (TPSA) is 60.4 Å². The Balaban J connectivity index is 2.92. The lowest BCUT2D eigenvalue weighted by Gasteiger charge is -2.11. The van der Waals surface area contributed by atoms with Crippen molar-refractivity contribution in [1.82, 2.24) is 0 Å². The van der Waals surface area contributed by atoms with E-state index in [-0.39, 0.29) is 12.2 Å². The zero-order valence-electron chi connectivity index (χ0n) is 10.5.